The summed E-state index contributed by atoms with van der Waals surface area (Å²) < 4.78 is 5.99. The first-order chi connectivity index (χ1) is 10.3. The molecule has 2 aromatic rings. The van der Waals surface area contributed by atoms with Crippen molar-refractivity contribution in [3.05, 3.63) is 59.7 Å². The Morgan fingerprint density at radius 1 is 1.10 bits per heavy atom. The van der Waals surface area contributed by atoms with Gasteiger partial charge in [0.2, 0.25) is 0 Å². The lowest BCUT2D eigenvalue weighted by Gasteiger charge is -2.11. The molecule has 3 rings (SSSR count). The molecule has 0 spiro atoms. The number of aliphatic hydroxyl groups is 1. The van der Waals surface area contributed by atoms with Gasteiger partial charge in [-0.25, -0.2) is 0 Å². The Kier molecular flexibility index (Phi) is 4.53. The van der Waals surface area contributed by atoms with E-state index in [4.69, 9.17) is 9.84 Å². The zero-order valence-electron chi connectivity index (χ0n) is 12.1. The summed E-state index contributed by atoms with van der Waals surface area (Å²) in [5.74, 6) is 1.66. The Bertz CT molecular complexity index is 593. The van der Waals surface area contributed by atoms with Gasteiger partial charge in [-0.3, -0.25) is 0 Å². The molecule has 0 atom stereocenters. The smallest absolute Gasteiger partial charge is 0.130 e. The second-order valence-electron chi connectivity index (χ2n) is 5.49. The molecule has 0 amide bonds. The Balaban J connectivity index is 1.70. The maximum absolute atomic E-state index is 9.12. The third kappa shape index (κ3) is 4.06. The maximum atomic E-state index is 9.12. The summed E-state index contributed by atoms with van der Waals surface area (Å²) in [6.07, 6.45) is 3.20. The molecule has 0 aromatic heterocycles. The number of para-hydroxylation sites is 1. The average Bonchev–Trinajstić information content (AvgIpc) is 3.32. The van der Waals surface area contributed by atoms with Crippen LogP contribution in [0.15, 0.2) is 48.5 Å². The predicted molar refractivity (Wildman–Crippen MR) is 83.6 cm³/mol. The van der Waals surface area contributed by atoms with Crippen LogP contribution in [0.4, 0.5) is 0 Å². The monoisotopic (exact) mass is 283 g/mol. The highest BCUT2D eigenvalue weighted by molar-refractivity contribution is 5.39. The van der Waals surface area contributed by atoms with E-state index in [9.17, 15) is 0 Å². The minimum absolute atomic E-state index is 0.131. The summed E-state index contributed by atoms with van der Waals surface area (Å²) in [5.41, 5.74) is 2.26. The maximum Gasteiger partial charge on any atom is 0.130 e. The van der Waals surface area contributed by atoms with E-state index in [2.05, 4.69) is 17.4 Å². The molecule has 1 fully saturated rings. The summed E-state index contributed by atoms with van der Waals surface area (Å²) in [5, 5.41) is 12.6. The molecule has 21 heavy (non-hydrogen) atoms. The summed E-state index contributed by atoms with van der Waals surface area (Å²) in [6, 6.07) is 16.7. The van der Waals surface area contributed by atoms with E-state index in [-0.39, 0.29) is 6.61 Å². The first kappa shape index (κ1) is 14.1. The number of nitrogens with one attached hydrogen (secondary N) is 1. The van der Waals surface area contributed by atoms with Gasteiger partial charge in [-0.2, -0.15) is 0 Å². The van der Waals surface area contributed by atoms with E-state index in [1.807, 2.05) is 36.4 Å². The van der Waals surface area contributed by atoms with Crippen LogP contribution in [0, 0.1) is 0 Å². The molecular formula is C18H21NO2. The lowest BCUT2D eigenvalue weighted by atomic mass is 10.1. The fraction of sp³-hybridized carbons (Fsp3) is 0.333. The second-order valence-corrected chi connectivity index (χ2v) is 5.49. The van der Waals surface area contributed by atoms with Crippen LogP contribution in [0.3, 0.4) is 0 Å². The fourth-order valence-electron chi connectivity index (χ4n) is 2.33. The molecule has 0 saturated heterocycles. The highest BCUT2D eigenvalue weighted by Crippen LogP contribution is 2.26. The van der Waals surface area contributed by atoms with Crippen LogP contribution in [0.2, 0.25) is 0 Å². The van der Waals surface area contributed by atoms with Crippen molar-refractivity contribution in [2.45, 2.75) is 31.8 Å². The fourth-order valence-corrected chi connectivity index (χ4v) is 2.33. The van der Waals surface area contributed by atoms with Crippen LogP contribution >= 0.6 is 0 Å². The van der Waals surface area contributed by atoms with Crippen molar-refractivity contribution in [2.24, 2.45) is 0 Å². The van der Waals surface area contributed by atoms with Gasteiger partial charge < -0.3 is 15.2 Å². The second kappa shape index (κ2) is 6.74. The van der Waals surface area contributed by atoms with Gasteiger partial charge in [0.1, 0.15) is 11.5 Å². The zero-order valence-corrected chi connectivity index (χ0v) is 12.1. The molecule has 2 aromatic carbocycles. The highest BCUT2D eigenvalue weighted by Gasteiger charge is 2.19. The topological polar surface area (TPSA) is 41.5 Å². The predicted octanol–water partition coefficient (Wildman–Crippen LogP) is 3.27. The van der Waals surface area contributed by atoms with Crippen molar-refractivity contribution in [1.29, 1.82) is 0 Å². The summed E-state index contributed by atoms with van der Waals surface area (Å²) in [6.45, 7) is 1.02. The van der Waals surface area contributed by atoms with E-state index in [0.717, 1.165) is 23.6 Å². The molecule has 3 nitrogen and oxygen atoms in total. The van der Waals surface area contributed by atoms with Crippen molar-refractivity contribution in [1.82, 2.24) is 5.32 Å². The van der Waals surface area contributed by atoms with E-state index in [0.29, 0.717) is 12.5 Å². The standard InChI is InChI=1S/C18H21NO2/c20-11-10-15-5-1-2-7-18(15)21-17-6-3-4-14(12-17)13-19-16-8-9-16/h1-7,12,16,19-20H,8-11,13H2. The van der Waals surface area contributed by atoms with Gasteiger partial charge in [-0.05, 0) is 48.6 Å². The van der Waals surface area contributed by atoms with Crippen molar-refractivity contribution in [3.63, 3.8) is 0 Å². The molecule has 1 aliphatic carbocycles. The van der Waals surface area contributed by atoms with Gasteiger partial charge in [0.25, 0.3) is 0 Å². The van der Waals surface area contributed by atoms with Crippen LogP contribution in [-0.4, -0.2) is 17.8 Å². The molecule has 0 aliphatic heterocycles. The van der Waals surface area contributed by atoms with E-state index < -0.39 is 0 Å². The number of hydrogen-bond acceptors (Lipinski definition) is 3. The number of rotatable bonds is 7. The first-order valence-corrected chi connectivity index (χ1v) is 7.54. The molecule has 0 heterocycles. The van der Waals surface area contributed by atoms with Gasteiger partial charge in [0.15, 0.2) is 0 Å². The Labute approximate surface area is 125 Å². The first-order valence-electron chi connectivity index (χ1n) is 7.54. The minimum atomic E-state index is 0.131. The lowest BCUT2D eigenvalue weighted by Crippen LogP contribution is -2.15. The quantitative estimate of drug-likeness (QED) is 0.819. The normalized spacial score (nSPS) is 14.1. The van der Waals surface area contributed by atoms with Crippen LogP contribution in [0.1, 0.15) is 24.0 Å². The molecule has 110 valence electrons. The van der Waals surface area contributed by atoms with Gasteiger partial charge >= 0.3 is 0 Å². The number of ether oxygens (including phenoxy) is 1. The molecular weight excluding hydrogens is 262 g/mol. The van der Waals surface area contributed by atoms with Gasteiger partial charge in [-0.15, -0.1) is 0 Å². The molecule has 0 radical (unpaired) electrons. The lowest BCUT2D eigenvalue weighted by molar-refractivity contribution is 0.298. The van der Waals surface area contributed by atoms with Crippen LogP contribution < -0.4 is 10.1 Å². The molecule has 1 aliphatic rings. The molecule has 0 unspecified atom stereocenters. The third-order valence-corrected chi connectivity index (χ3v) is 3.65. The van der Waals surface area contributed by atoms with Crippen molar-refractivity contribution in [2.75, 3.05) is 6.61 Å². The van der Waals surface area contributed by atoms with Gasteiger partial charge in [0.05, 0.1) is 0 Å². The third-order valence-electron chi connectivity index (χ3n) is 3.65. The zero-order chi connectivity index (χ0) is 14.5. The number of benzene rings is 2. The van der Waals surface area contributed by atoms with Crippen molar-refractivity contribution in [3.8, 4) is 11.5 Å². The van der Waals surface area contributed by atoms with E-state index in [1.165, 1.54) is 18.4 Å². The van der Waals surface area contributed by atoms with Gasteiger partial charge in [0, 0.05) is 19.2 Å². The van der Waals surface area contributed by atoms with Crippen molar-refractivity contribution >= 4 is 0 Å². The molecule has 1 saturated carbocycles. The Morgan fingerprint density at radius 3 is 2.76 bits per heavy atom. The summed E-state index contributed by atoms with van der Waals surface area (Å²) in [7, 11) is 0. The van der Waals surface area contributed by atoms with Crippen molar-refractivity contribution < 1.29 is 9.84 Å². The largest absolute Gasteiger partial charge is 0.457 e. The molecule has 2 N–H and O–H groups in total. The average molecular weight is 283 g/mol. The van der Waals surface area contributed by atoms with Crippen LogP contribution in [0.5, 0.6) is 11.5 Å². The van der Waals surface area contributed by atoms with E-state index in [1.54, 1.807) is 0 Å². The minimum Gasteiger partial charge on any atom is -0.457 e. The Hall–Kier alpha value is -1.84. The summed E-state index contributed by atoms with van der Waals surface area (Å²) >= 11 is 0. The van der Waals surface area contributed by atoms with Gasteiger partial charge in [-0.1, -0.05) is 30.3 Å². The van der Waals surface area contributed by atoms with Crippen LogP contribution in [0.25, 0.3) is 0 Å². The van der Waals surface area contributed by atoms with Crippen LogP contribution in [-0.2, 0) is 13.0 Å². The Morgan fingerprint density at radius 2 is 1.95 bits per heavy atom. The van der Waals surface area contributed by atoms with E-state index >= 15 is 0 Å². The molecule has 0 bridgehead atoms. The number of hydrogen-bond donors (Lipinski definition) is 2. The molecule has 3 heteroatoms. The highest BCUT2D eigenvalue weighted by atomic mass is 16.5. The SMILES string of the molecule is OCCc1ccccc1Oc1cccc(CNC2CC2)c1. The number of aliphatic hydroxyl groups excluding tert-OH is 1. The summed E-state index contributed by atoms with van der Waals surface area (Å²) in [4.78, 5) is 0.